The summed E-state index contributed by atoms with van der Waals surface area (Å²) in [7, 11) is 0. The molecule has 0 atom stereocenters. The van der Waals surface area contributed by atoms with E-state index >= 15 is 0 Å². The fourth-order valence-electron chi connectivity index (χ4n) is 2.92. The molecule has 0 bridgehead atoms. The molecule has 1 N–H and O–H groups in total. The number of amides is 1. The lowest BCUT2D eigenvalue weighted by atomic mass is 10.0. The lowest BCUT2D eigenvalue weighted by Crippen LogP contribution is -2.29. The molecule has 3 rings (SSSR count). The number of carbonyl (C=O) groups excluding carboxylic acids is 1. The van der Waals surface area contributed by atoms with Crippen LogP contribution in [-0.2, 0) is 4.74 Å². The first kappa shape index (κ1) is 18.9. The Labute approximate surface area is 160 Å². The van der Waals surface area contributed by atoms with E-state index in [0.29, 0.717) is 18.8 Å². The van der Waals surface area contributed by atoms with Crippen LogP contribution in [0.5, 0.6) is 0 Å². The van der Waals surface area contributed by atoms with Crippen molar-refractivity contribution in [2.45, 2.75) is 26.9 Å². The average molecular weight is 363 g/mol. The lowest BCUT2D eigenvalue weighted by molar-refractivity contribution is 0.0744. The largest absolute Gasteiger partial charge is 0.377 e. The molecule has 0 unspecified atom stereocenters. The number of aryl methyl sites for hydroxylation is 1. The van der Waals surface area contributed by atoms with Crippen LogP contribution in [0.15, 0.2) is 61.1 Å². The predicted octanol–water partition coefficient (Wildman–Crippen LogP) is 4.00. The smallest absolute Gasteiger partial charge is 0.270 e. The van der Waals surface area contributed by atoms with Crippen LogP contribution in [-0.4, -0.2) is 34.7 Å². The van der Waals surface area contributed by atoms with Gasteiger partial charge < -0.3 is 10.1 Å². The minimum Gasteiger partial charge on any atom is -0.377 e. The van der Waals surface area contributed by atoms with Gasteiger partial charge in [0.1, 0.15) is 5.69 Å². The maximum absolute atomic E-state index is 12.5. The van der Waals surface area contributed by atoms with Crippen molar-refractivity contribution in [2.24, 2.45) is 0 Å². The zero-order valence-electron chi connectivity index (χ0n) is 16.0. The molecule has 0 saturated heterocycles. The minimum atomic E-state index is -0.164. The predicted molar refractivity (Wildman–Crippen MR) is 107 cm³/mol. The topological polar surface area (TPSA) is 56.2 Å². The fraction of sp³-hybridized carbons (Fsp3) is 0.273. The van der Waals surface area contributed by atoms with E-state index in [0.717, 1.165) is 11.3 Å². The van der Waals surface area contributed by atoms with Gasteiger partial charge in [-0.15, -0.1) is 0 Å². The van der Waals surface area contributed by atoms with Crippen LogP contribution in [0, 0.1) is 6.92 Å². The van der Waals surface area contributed by atoms with Crippen molar-refractivity contribution in [3.63, 3.8) is 0 Å². The van der Waals surface area contributed by atoms with E-state index in [2.05, 4.69) is 41.5 Å². The number of hydrogen-bond acceptors (Lipinski definition) is 3. The summed E-state index contributed by atoms with van der Waals surface area (Å²) >= 11 is 0. The summed E-state index contributed by atoms with van der Waals surface area (Å²) in [6.07, 6.45) is 3.38. The summed E-state index contributed by atoms with van der Waals surface area (Å²) in [5, 5.41) is 2.87. The van der Waals surface area contributed by atoms with Crippen LogP contribution in [0.1, 0.15) is 29.9 Å². The minimum absolute atomic E-state index is 0.152. The third kappa shape index (κ3) is 4.63. The van der Waals surface area contributed by atoms with Crippen molar-refractivity contribution >= 4 is 5.91 Å². The van der Waals surface area contributed by atoms with Gasteiger partial charge in [-0.05, 0) is 49.6 Å². The fourth-order valence-corrected chi connectivity index (χ4v) is 2.92. The van der Waals surface area contributed by atoms with Crippen molar-refractivity contribution < 1.29 is 9.53 Å². The molecule has 0 saturated carbocycles. The van der Waals surface area contributed by atoms with Crippen molar-refractivity contribution in [1.82, 2.24) is 14.9 Å². The van der Waals surface area contributed by atoms with Gasteiger partial charge >= 0.3 is 0 Å². The molecule has 5 heteroatoms. The molecule has 27 heavy (non-hydrogen) atoms. The van der Waals surface area contributed by atoms with Gasteiger partial charge in [-0.2, -0.15) is 0 Å². The normalized spacial score (nSPS) is 11.0. The summed E-state index contributed by atoms with van der Waals surface area (Å²) < 4.78 is 7.24. The van der Waals surface area contributed by atoms with E-state index in [9.17, 15) is 4.79 Å². The first-order chi connectivity index (χ1) is 13.1. The van der Waals surface area contributed by atoms with Crippen molar-refractivity contribution in [3.05, 3.63) is 72.3 Å². The Balaban J connectivity index is 1.73. The van der Waals surface area contributed by atoms with Crippen LogP contribution in [0.25, 0.3) is 16.8 Å². The van der Waals surface area contributed by atoms with E-state index in [1.165, 1.54) is 11.1 Å². The Bertz CT molecular complexity index is 898. The Morgan fingerprint density at radius 3 is 2.59 bits per heavy atom. The number of nitrogens with one attached hydrogen (secondary N) is 1. The number of benzene rings is 2. The first-order valence-electron chi connectivity index (χ1n) is 9.15. The molecule has 2 aromatic carbocycles. The number of carbonyl (C=O) groups is 1. The molecule has 140 valence electrons. The maximum Gasteiger partial charge on any atom is 0.270 e. The average Bonchev–Trinajstić information content (AvgIpc) is 3.15. The van der Waals surface area contributed by atoms with E-state index in [4.69, 9.17) is 4.74 Å². The Morgan fingerprint density at radius 1 is 1.15 bits per heavy atom. The molecule has 1 aromatic heterocycles. The summed E-state index contributed by atoms with van der Waals surface area (Å²) in [6.45, 7) is 7.00. The Hall–Kier alpha value is -2.92. The van der Waals surface area contributed by atoms with Crippen LogP contribution in [0.2, 0.25) is 0 Å². The number of rotatable bonds is 7. The van der Waals surface area contributed by atoms with Crippen LogP contribution in [0.3, 0.4) is 0 Å². The first-order valence-corrected chi connectivity index (χ1v) is 9.15. The van der Waals surface area contributed by atoms with E-state index in [-0.39, 0.29) is 12.0 Å². The molecule has 3 aromatic rings. The quantitative estimate of drug-likeness (QED) is 0.646. The highest BCUT2D eigenvalue weighted by molar-refractivity contribution is 5.93. The van der Waals surface area contributed by atoms with Crippen LogP contribution >= 0.6 is 0 Å². The number of nitrogens with zero attached hydrogens (tertiary/aromatic N) is 2. The molecule has 1 heterocycles. The summed E-state index contributed by atoms with van der Waals surface area (Å²) in [5.41, 5.74) is 4.99. The third-order valence-corrected chi connectivity index (χ3v) is 4.31. The summed E-state index contributed by atoms with van der Waals surface area (Å²) in [5.74, 6) is -0.164. The molecular formula is C22H25N3O2. The third-order valence-electron chi connectivity index (χ3n) is 4.31. The number of ether oxygens (including phenoxy) is 1. The Morgan fingerprint density at radius 2 is 1.89 bits per heavy atom. The molecule has 5 nitrogen and oxygen atoms in total. The number of imidazole rings is 1. The van der Waals surface area contributed by atoms with Crippen LogP contribution in [0.4, 0.5) is 0 Å². The summed E-state index contributed by atoms with van der Waals surface area (Å²) in [4.78, 5) is 16.6. The molecular weight excluding hydrogens is 338 g/mol. The zero-order valence-corrected chi connectivity index (χ0v) is 16.0. The second-order valence-corrected chi connectivity index (χ2v) is 6.69. The second-order valence-electron chi connectivity index (χ2n) is 6.69. The lowest BCUT2D eigenvalue weighted by Gasteiger charge is -2.11. The monoisotopic (exact) mass is 363 g/mol. The van der Waals surface area contributed by atoms with Crippen molar-refractivity contribution in [2.75, 3.05) is 13.2 Å². The number of aromatic nitrogens is 2. The van der Waals surface area contributed by atoms with E-state index in [1.807, 2.05) is 38.1 Å². The van der Waals surface area contributed by atoms with Crippen molar-refractivity contribution in [1.29, 1.82) is 0 Å². The molecule has 0 fully saturated rings. The highest BCUT2D eigenvalue weighted by atomic mass is 16.5. The second kappa shape index (κ2) is 8.64. The van der Waals surface area contributed by atoms with Gasteiger partial charge in [0.25, 0.3) is 5.91 Å². The SMILES string of the molecule is Cc1ccccc1-c1ccc(-n2cncc2C(=O)NCCOC(C)C)cc1. The summed E-state index contributed by atoms with van der Waals surface area (Å²) in [6, 6.07) is 16.4. The highest BCUT2D eigenvalue weighted by Gasteiger charge is 2.13. The van der Waals surface area contributed by atoms with E-state index in [1.54, 1.807) is 17.1 Å². The maximum atomic E-state index is 12.5. The van der Waals surface area contributed by atoms with Gasteiger partial charge in [0.2, 0.25) is 0 Å². The van der Waals surface area contributed by atoms with Gasteiger partial charge in [0, 0.05) is 12.2 Å². The highest BCUT2D eigenvalue weighted by Crippen LogP contribution is 2.24. The molecule has 0 radical (unpaired) electrons. The van der Waals surface area contributed by atoms with Gasteiger partial charge in [0.15, 0.2) is 0 Å². The molecule has 0 aliphatic heterocycles. The van der Waals surface area contributed by atoms with Gasteiger partial charge in [0.05, 0.1) is 25.2 Å². The molecule has 0 spiro atoms. The van der Waals surface area contributed by atoms with Gasteiger partial charge in [-0.3, -0.25) is 9.36 Å². The molecule has 0 aliphatic rings. The molecule has 1 amide bonds. The van der Waals surface area contributed by atoms with E-state index < -0.39 is 0 Å². The van der Waals surface area contributed by atoms with Crippen molar-refractivity contribution in [3.8, 4) is 16.8 Å². The van der Waals surface area contributed by atoms with Gasteiger partial charge in [-0.1, -0.05) is 36.4 Å². The zero-order chi connectivity index (χ0) is 19.2. The van der Waals surface area contributed by atoms with Gasteiger partial charge in [-0.25, -0.2) is 4.98 Å². The standard InChI is InChI=1S/C22H25N3O2/c1-16(2)27-13-12-24-22(26)21-14-23-15-25(21)19-10-8-18(9-11-19)20-7-5-4-6-17(20)3/h4-11,14-16H,12-13H2,1-3H3,(H,24,26). The van der Waals surface area contributed by atoms with Crippen LogP contribution < -0.4 is 5.32 Å². The number of hydrogen-bond donors (Lipinski definition) is 1. The Kier molecular flexibility index (Phi) is 6.04. The molecule has 0 aliphatic carbocycles.